The number of nitrogens with zero attached hydrogens (tertiary/aromatic N) is 5. The molecule has 1 spiro atoms. The molecule has 354 valence electrons. The molecule has 0 aromatic heterocycles. The predicted octanol–water partition coefficient (Wildman–Crippen LogP) is -2.13. The molecule has 2 aromatic rings. The Morgan fingerprint density at radius 3 is 2.28 bits per heavy atom. The molecule has 13 N–H and O–H groups in total. The van der Waals surface area contributed by atoms with E-state index in [0.717, 1.165) is 10.5 Å². The maximum Gasteiger partial charge on any atom is 0.323 e. The molecule has 6 amide bonds. The number of rotatable bonds is 22. The van der Waals surface area contributed by atoms with Gasteiger partial charge in [0.05, 0.1) is 25.0 Å². The molecule has 21 nitrogen and oxygen atoms in total. The highest BCUT2D eigenvalue weighted by atomic mass is 32.2. The minimum atomic E-state index is -1.50. The largest absolute Gasteiger partial charge is 0.480 e. The van der Waals surface area contributed by atoms with Gasteiger partial charge in [0.25, 0.3) is 5.91 Å². The van der Waals surface area contributed by atoms with Gasteiger partial charge in [-0.2, -0.15) is 0 Å². The summed E-state index contributed by atoms with van der Waals surface area (Å²) in [4.78, 5) is 105. The number of nitrogens with two attached hydrogens (primary N) is 4. The van der Waals surface area contributed by atoms with Crippen molar-refractivity contribution in [1.82, 2.24) is 30.7 Å². The van der Waals surface area contributed by atoms with Crippen molar-refractivity contribution in [3.63, 3.8) is 0 Å². The number of para-hydroxylation sites is 1. The number of guanidine groups is 1. The molecule has 2 aromatic carbocycles. The SMILES string of the molecule is NCCCC[C@H](N)C(=O)N[C@@H](CCCN=C(N)N)C(=O)N1CCC2(CC1)C(=O)N(CC(=O)N[C@@H](CO)C(=O)N[C@@H]1CSc3ccccc3N(CC(=O)O)C1=O)CN2CCc1ccccc1. The summed E-state index contributed by atoms with van der Waals surface area (Å²) in [6, 6.07) is 12.0. The Kier molecular flexibility index (Phi) is 18.5. The Hall–Kier alpha value is -5.81. The van der Waals surface area contributed by atoms with E-state index in [1.54, 1.807) is 29.2 Å². The molecule has 2 saturated heterocycles. The second-order valence-electron chi connectivity index (χ2n) is 16.4. The van der Waals surface area contributed by atoms with Crippen LogP contribution < -0.4 is 43.8 Å². The summed E-state index contributed by atoms with van der Waals surface area (Å²) in [6.07, 6.45) is 3.45. The number of likely N-dealkylation sites (tertiary alicyclic amines) is 1. The van der Waals surface area contributed by atoms with Crippen LogP contribution in [0.4, 0.5) is 5.69 Å². The summed E-state index contributed by atoms with van der Waals surface area (Å²) in [5.74, 6) is -4.68. The van der Waals surface area contributed by atoms with E-state index in [4.69, 9.17) is 22.9 Å². The number of aliphatic carboxylic acids is 1. The molecule has 0 saturated carbocycles. The van der Waals surface area contributed by atoms with E-state index >= 15 is 0 Å². The van der Waals surface area contributed by atoms with E-state index in [1.807, 2.05) is 35.2 Å². The number of hydrogen-bond donors (Lipinski definition) is 9. The number of aliphatic hydroxyl groups is 1. The third-order valence-electron chi connectivity index (χ3n) is 11.8. The van der Waals surface area contributed by atoms with Gasteiger partial charge in [-0.05, 0) is 69.2 Å². The smallest absolute Gasteiger partial charge is 0.323 e. The maximum atomic E-state index is 14.5. The fourth-order valence-corrected chi connectivity index (χ4v) is 9.39. The highest BCUT2D eigenvalue weighted by molar-refractivity contribution is 7.99. The van der Waals surface area contributed by atoms with Crippen LogP contribution in [0, 0.1) is 0 Å². The molecule has 5 rings (SSSR count). The van der Waals surface area contributed by atoms with Crippen LogP contribution in [-0.2, 0) is 40.0 Å². The molecule has 4 atom stereocenters. The Morgan fingerprint density at radius 2 is 1.60 bits per heavy atom. The van der Waals surface area contributed by atoms with Crippen LogP contribution in [0.15, 0.2) is 64.5 Å². The first-order valence-corrected chi connectivity index (χ1v) is 22.8. The van der Waals surface area contributed by atoms with Gasteiger partial charge in [0.1, 0.15) is 36.8 Å². The highest BCUT2D eigenvalue weighted by Crippen LogP contribution is 2.37. The summed E-state index contributed by atoms with van der Waals surface area (Å²) in [6.45, 7) is -0.339. The third kappa shape index (κ3) is 13.4. The Labute approximate surface area is 382 Å². The Balaban J connectivity index is 1.26. The number of nitrogens with one attached hydrogen (secondary N) is 3. The zero-order chi connectivity index (χ0) is 47.1. The second kappa shape index (κ2) is 23.9. The number of aliphatic imine (C=N–C) groups is 1. The average molecular weight is 923 g/mol. The molecule has 2 fully saturated rings. The van der Waals surface area contributed by atoms with Gasteiger partial charge in [-0.1, -0.05) is 48.9 Å². The number of piperidine rings is 1. The zero-order valence-electron chi connectivity index (χ0n) is 36.4. The molecule has 22 heteroatoms. The number of anilines is 1. The lowest BCUT2D eigenvalue weighted by atomic mass is 9.85. The second-order valence-corrected chi connectivity index (χ2v) is 17.4. The van der Waals surface area contributed by atoms with Crippen LogP contribution >= 0.6 is 11.8 Å². The van der Waals surface area contributed by atoms with Crippen molar-refractivity contribution in [3.8, 4) is 0 Å². The van der Waals surface area contributed by atoms with E-state index in [1.165, 1.54) is 16.7 Å². The van der Waals surface area contributed by atoms with Crippen molar-refractivity contribution >= 4 is 64.8 Å². The van der Waals surface area contributed by atoms with Crippen LogP contribution in [0.1, 0.15) is 50.5 Å². The topological polar surface area (TPSA) is 325 Å². The molecule has 3 aliphatic rings. The maximum absolute atomic E-state index is 14.5. The van der Waals surface area contributed by atoms with Crippen molar-refractivity contribution in [2.24, 2.45) is 27.9 Å². The van der Waals surface area contributed by atoms with Crippen LogP contribution in [0.5, 0.6) is 0 Å². The van der Waals surface area contributed by atoms with Gasteiger partial charge in [-0.15, -0.1) is 11.8 Å². The fourth-order valence-electron chi connectivity index (χ4n) is 8.31. The number of benzene rings is 2. The molecule has 3 heterocycles. The van der Waals surface area contributed by atoms with E-state index < -0.39 is 79.0 Å². The number of carbonyl (C=O) groups excluding carboxylic acids is 6. The minimum absolute atomic E-state index is 0.0640. The van der Waals surface area contributed by atoms with Crippen LogP contribution in [-0.4, -0.2) is 167 Å². The molecular weight excluding hydrogens is 861 g/mol. The molecular formula is C43H62N12O9S. The predicted molar refractivity (Wildman–Crippen MR) is 243 cm³/mol. The van der Waals surface area contributed by atoms with E-state index in [2.05, 4.69) is 20.9 Å². The molecule has 0 aliphatic carbocycles. The zero-order valence-corrected chi connectivity index (χ0v) is 37.3. The number of carboxylic acids is 1. The molecule has 3 aliphatic heterocycles. The summed E-state index contributed by atoms with van der Waals surface area (Å²) in [5, 5.41) is 27.7. The number of hydrogen-bond acceptors (Lipinski definition) is 13. The average Bonchev–Trinajstić information content (AvgIpc) is 3.45. The van der Waals surface area contributed by atoms with Gasteiger partial charge in [-0.25, -0.2) is 0 Å². The van der Waals surface area contributed by atoms with Crippen molar-refractivity contribution in [3.05, 3.63) is 60.2 Å². The third-order valence-corrected chi connectivity index (χ3v) is 13.0. The first kappa shape index (κ1) is 50.2. The van der Waals surface area contributed by atoms with Crippen molar-refractivity contribution in [1.29, 1.82) is 0 Å². The first-order chi connectivity index (χ1) is 31.2. The van der Waals surface area contributed by atoms with Crippen LogP contribution in [0.25, 0.3) is 0 Å². The monoisotopic (exact) mass is 922 g/mol. The highest BCUT2D eigenvalue weighted by Gasteiger charge is 2.54. The number of amides is 6. The lowest BCUT2D eigenvalue weighted by Crippen LogP contribution is -2.60. The van der Waals surface area contributed by atoms with Gasteiger partial charge >= 0.3 is 5.97 Å². The summed E-state index contributed by atoms with van der Waals surface area (Å²) in [5.41, 5.74) is 23.1. The molecule has 0 unspecified atom stereocenters. The lowest BCUT2D eigenvalue weighted by Gasteiger charge is -2.43. The number of carboxylic acid groups (broad SMARTS) is 1. The Morgan fingerprint density at radius 1 is 0.892 bits per heavy atom. The van der Waals surface area contributed by atoms with Crippen LogP contribution in [0.3, 0.4) is 0 Å². The summed E-state index contributed by atoms with van der Waals surface area (Å²) >= 11 is 1.25. The summed E-state index contributed by atoms with van der Waals surface area (Å²) < 4.78 is 0. The van der Waals surface area contributed by atoms with Gasteiger partial charge in [-0.3, -0.25) is 48.4 Å². The van der Waals surface area contributed by atoms with Gasteiger partial charge in [0.15, 0.2) is 5.96 Å². The normalized spacial score (nSPS) is 18.6. The number of thioether (sulfide) groups is 1. The molecule has 65 heavy (non-hydrogen) atoms. The van der Waals surface area contributed by atoms with E-state index in [9.17, 15) is 43.8 Å². The van der Waals surface area contributed by atoms with Crippen LogP contribution in [0.2, 0.25) is 0 Å². The standard InChI is InChI=1S/C43H62N12O9S/c44-18-7-6-11-29(45)37(60)50-30(12-8-19-48-42(46)47)39(62)52-21-16-43(17-22-52)41(64)53(27-54(43)20-15-28-9-2-1-3-10-28)23-35(57)49-31(25-56)38(61)51-32-26-65-34-14-5-4-13-33(34)55(40(32)63)24-36(58)59/h1-5,9-10,13-14,29-32,56H,6-8,11-12,15-27,44-45H2,(H,49,57)(H,50,60)(H,51,61)(H,58,59)(H4,46,47,48)/t29-,30-,31-,32+/m0/s1. The molecule has 0 bridgehead atoms. The van der Waals surface area contributed by atoms with Crippen molar-refractivity contribution in [2.75, 3.05) is 69.7 Å². The van der Waals surface area contributed by atoms with Gasteiger partial charge < -0.3 is 58.9 Å². The minimum Gasteiger partial charge on any atom is -0.480 e. The van der Waals surface area contributed by atoms with Gasteiger partial charge in [0.2, 0.25) is 29.5 Å². The van der Waals surface area contributed by atoms with E-state index in [-0.39, 0.29) is 69.1 Å². The molecule has 0 radical (unpaired) electrons. The fraction of sp³-hybridized carbons (Fsp3) is 0.535. The number of aliphatic hydroxyl groups excluding tert-OH is 1. The number of fused-ring (bicyclic) bond motifs is 1. The van der Waals surface area contributed by atoms with Gasteiger partial charge in [0, 0.05) is 36.8 Å². The van der Waals surface area contributed by atoms with Crippen molar-refractivity contribution < 1.29 is 43.8 Å². The Bertz CT molecular complexity index is 2030. The summed E-state index contributed by atoms with van der Waals surface area (Å²) in [7, 11) is 0. The first-order valence-electron chi connectivity index (χ1n) is 21.8. The van der Waals surface area contributed by atoms with Crippen molar-refractivity contribution in [2.45, 2.75) is 86.0 Å². The lowest BCUT2D eigenvalue weighted by molar-refractivity contribution is -0.144. The number of unbranched alkanes of at least 4 members (excludes halogenated alkanes) is 1. The quantitative estimate of drug-likeness (QED) is 0.0346. The van der Waals surface area contributed by atoms with E-state index in [0.29, 0.717) is 55.8 Å². The number of carbonyl (C=O) groups is 7.